The zero-order valence-electron chi connectivity index (χ0n) is 66.8. The quantitative estimate of drug-likeness (QED) is 0.108. The van der Waals surface area contributed by atoms with E-state index in [0.29, 0.717) is 17.1 Å². The Kier molecular flexibility index (Phi) is 16.7. The summed E-state index contributed by atoms with van der Waals surface area (Å²) in [4.78, 5) is 11.5. The zero-order chi connectivity index (χ0) is 82.3. The van der Waals surface area contributed by atoms with E-state index in [1.807, 2.05) is 36.4 Å². The topological polar surface area (TPSA) is 45.5 Å². The molecule has 9 heteroatoms. The van der Waals surface area contributed by atoms with Gasteiger partial charge in [-0.2, -0.15) is 13.2 Å². The molecule has 0 aliphatic heterocycles. The highest BCUT2D eigenvalue weighted by Gasteiger charge is 2.31. The smallest absolute Gasteiger partial charge is 0.309 e. The summed E-state index contributed by atoms with van der Waals surface area (Å²) in [6.45, 7) is 0. The number of para-hydroxylation sites is 2. The molecule has 0 spiro atoms. The van der Waals surface area contributed by atoms with E-state index in [2.05, 4.69) is 388 Å². The predicted octanol–water partition coefficient (Wildman–Crippen LogP) is 31.2. The Balaban J connectivity index is 0.749. The fraction of sp³-hybridized carbons (Fsp3) is 0.00870. The van der Waals surface area contributed by atoms with Crippen molar-refractivity contribution in [2.45, 2.75) is 6.18 Å². The van der Waals surface area contributed by atoms with Crippen molar-refractivity contribution in [1.29, 1.82) is 0 Å². The number of rotatable bonds is 13. The molecule has 0 amide bonds. The molecule has 124 heavy (non-hydrogen) atoms. The van der Waals surface area contributed by atoms with Crippen molar-refractivity contribution < 1.29 is 13.2 Å². The molecule has 24 rings (SSSR count). The second kappa shape index (κ2) is 28.8. The Bertz CT molecular complexity index is 8040. The molecule has 582 valence electrons. The van der Waals surface area contributed by atoms with Gasteiger partial charge in [-0.15, -0.1) is 0 Å². The third kappa shape index (κ3) is 12.1. The lowest BCUT2D eigenvalue weighted by Crippen LogP contribution is -2.04. The van der Waals surface area contributed by atoms with Gasteiger partial charge in [0.2, 0.25) is 0 Å². The molecule has 24 aromatic rings. The van der Waals surface area contributed by atoms with Crippen LogP contribution in [0.5, 0.6) is 0 Å². The molecule has 0 saturated heterocycles. The number of fused-ring (bicyclic) bond motifs is 15. The predicted molar refractivity (Wildman–Crippen MR) is 508 cm³/mol. The lowest BCUT2D eigenvalue weighted by Gasteiger charge is -2.17. The molecule has 0 fully saturated rings. The van der Waals surface area contributed by atoms with Crippen molar-refractivity contribution in [3.63, 3.8) is 0 Å². The van der Waals surface area contributed by atoms with Gasteiger partial charge in [0.1, 0.15) is 0 Å². The van der Waals surface area contributed by atoms with Gasteiger partial charge in [-0.25, -0.2) is 9.97 Å². The van der Waals surface area contributed by atoms with E-state index in [-0.39, 0.29) is 0 Å². The van der Waals surface area contributed by atoms with Gasteiger partial charge in [0.25, 0.3) is 0 Å². The molecule has 0 aliphatic rings. The van der Waals surface area contributed by atoms with Gasteiger partial charge < -0.3 is 18.3 Å². The van der Waals surface area contributed by atoms with E-state index < -0.39 is 11.7 Å². The Morgan fingerprint density at radius 3 is 0.823 bits per heavy atom. The fourth-order valence-corrected chi connectivity index (χ4v) is 19.2. The minimum Gasteiger partial charge on any atom is -0.309 e. The highest BCUT2D eigenvalue weighted by atomic mass is 19.4. The standard InChI is InChI=1S/C115H71F3N6/c116-115(117,118)89-49-38-76(39-50-89)78-31-21-32-87(60-78)113-112-94-37-20-19-30-77(94)40-51-103(112)119-114(120-113)88-61-92(123-108-54-43-81(74-26-11-3-12-27-74)65-97(108)101-69-85(47-58-110(101)123)83-45-56-106-99(67-83)95-63-79(72-22-7-1-8-23-72)41-52-104(95)121(106)90-33-15-5-16-34-90)71-93(62-88)124-109-55-44-82(75-28-13-4-14-29-75)66-98(109)102-70-86(48-59-111(102)124)84-46-57-107-100(68-84)96-64-80(73-24-9-2-10-25-73)42-53-105(96)122(107)91-35-17-6-18-36-91/h1-71H. The minimum atomic E-state index is -4.49. The highest BCUT2D eigenvalue weighted by Crippen LogP contribution is 2.47. The van der Waals surface area contributed by atoms with E-state index in [9.17, 15) is 13.2 Å². The van der Waals surface area contributed by atoms with Crippen LogP contribution in [0.15, 0.2) is 431 Å². The van der Waals surface area contributed by atoms with Crippen LogP contribution in [0, 0.1) is 0 Å². The van der Waals surface area contributed by atoms with Crippen LogP contribution in [0.2, 0.25) is 0 Å². The monoisotopic (exact) mass is 1590 g/mol. The number of alkyl halides is 3. The van der Waals surface area contributed by atoms with Gasteiger partial charge in [-0.3, -0.25) is 0 Å². The van der Waals surface area contributed by atoms with Crippen LogP contribution >= 0.6 is 0 Å². The molecule has 0 radical (unpaired) electrons. The molecule has 6 nitrogen and oxygen atoms in total. The van der Waals surface area contributed by atoms with Gasteiger partial charge in [-0.05, 0) is 252 Å². The lowest BCUT2D eigenvalue weighted by molar-refractivity contribution is -0.137. The summed E-state index contributed by atoms with van der Waals surface area (Å²) >= 11 is 0. The Hall–Kier alpha value is -16.2. The van der Waals surface area contributed by atoms with Crippen LogP contribution in [0.25, 0.3) is 232 Å². The Morgan fingerprint density at radius 1 is 0.185 bits per heavy atom. The van der Waals surface area contributed by atoms with E-state index in [0.717, 1.165) is 216 Å². The van der Waals surface area contributed by atoms with Crippen molar-refractivity contribution in [2.24, 2.45) is 0 Å². The first-order valence-corrected chi connectivity index (χ1v) is 41.9. The van der Waals surface area contributed by atoms with Crippen molar-refractivity contribution in [2.75, 3.05) is 0 Å². The molecular formula is C115H71F3N6. The van der Waals surface area contributed by atoms with Crippen LogP contribution in [-0.2, 0) is 6.18 Å². The van der Waals surface area contributed by atoms with Crippen LogP contribution < -0.4 is 0 Å². The van der Waals surface area contributed by atoms with Crippen molar-refractivity contribution in [1.82, 2.24) is 28.2 Å². The maximum atomic E-state index is 14.1. The van der Waals surface area contributed by atoms with Crippen LogP contribution in [0.4, 0.5) is 13.2 Å². The third-order valence-electron chi connectivity index (χ3n) is 25.1. The number of aromatic nitrogens is 6. The molecule has 0 bridgehead atoms. The largest absolute Gasteiger partial charge is 0.416 e. The number of hydrogen-bond acceptors (Lipinski definition) is 2. The third-order valence-corrected chi connectivity index (χ3v) is 25.1. The van der Waals surface area contributed by atoms with Crippen LogP contribution in [0.3, 0.4) is 0 Å². The van der Waals surface area contributed by atoms with Crippen molar-refractivity contribution in [3.05, 3.63) is 436 Å². The normalized spacial score (nSPS) is 12.0. The molecule has 5 aromatic heterocycles. The van der Waals surface area contributed by atoms with Gasteiger partial charge in [0, 0.05) is 82.4 Å². The molecule has 0 N–H and O–H groups in total. The summed E-state index contributed by atoms with van der Waals surface area (Å²) < 4.78 is 52.1. The SMILES string of the molecule is FC(F)(F)c1ccc(-c2cccc(-c3nc(-c4cc(-n5c6ccc(-c7ccccc7)cc6c6cc(-c7ccc8c(c7)c7cc(-c9ccccc9)ccc7n8-c7ccccc7)ccc65)cc(-n5c6ccc(-c7ccccc7)cc6c6cc(-c7ccc8c(c7)c7cc(-c9ccccc9)ccc7n8-c7ccccc7)ccc65)c4)nc4ccc5ccccc5c34)c2)cc1. The van der Waals surface area contributed by atoms with Crippen LogP contribution in [-0.4, -0.2) is 28.2 Å². The summed E-state index contributed by atoms with van der Waals surface area (Å²) in [5, 5.41) is 11.8. The molecule has 0 aliphatic carbocycles. The number of benzene rings is 19. The van der Waals surface area contributed by atoms with E-state index in [1.54, 1.807) is 12.1 Å². The van der Waals surface area contributed by atoms with E-state index in [4.69, 9.17) is 9.97 Å². The molecular weight excluding hydrogens is 1520 g/mol. The maximum Gasteiger partial charge on any atom is 0.416 e. The molecule has 19 aromatic carbocycles. The number of hydrogen-bond donors (Lipinski definition) is 0. The second-order valence-electron chi connectivity index (χ2n) is 32.3. The van der Waals surface area contributed by atoms with Crippen molar-refractivity contribution >= 4 is 109 Å². The summed E-state index contributed by atoms with van der Waals surface area (Å²) in [5.74, 6) is 0.490. The van der Waals surface area contributed by atoms with E-state index >= 15 is 0 Å². The van der Waals surface area contributed by atoms with Gasteiger partial charge in [-0.1, -0.05) is 267 Å². The second-order valence-corrected chi connectivity index (χ2v) is 32.3. The Labute approximate surface area is 711 Å². The first-order valence-electron chi connectivity index (χ1n) is 41.9. The average molecular weight is 1590 g/mol. The first-order chi connectivity index (χ1) is 61.1. The Morgan fingerprint density at radius 2 is 0.468 bits per heavy atom. The summed E-state index contributed by atoms with van der Waals surface area (Å²) in [7, 11) is 0. The fourth-order valence-electron chi connectivity index (χ4n) is 19.2. The van der Waals surface area contributed by atoms with Gasteiger partial charge in [0.15, 0.2) is 5.82 Å². The lowest BCUT2D eigenvalue weighted by atomic mass is 9.96. The van der Waals surface area contributed by atoms with E-state index in [1.165, 1.54) is 10.8 Å². The average Bonchev–Trinajstić information content (AvgIpc) is 1.54. The summed E-state index contributed by atoms with van der Waals surface area (Å²) in [6, 6.07) is 152. The number of halogens is 3. The summed E-state index contributed by atoms with van der Waals surface area (Å²) in [6.07, 6.45) is -4.49. The highest BCUT2D eigenvalue weighted by molar-refractivity contribution is 6.18. The van der Waals surface area contributed by atoms with Gasteiger partial charge >= 0.3 is 6.18 Å². The van der Waals surface area contributed by atoms with Crippen LogP contribution in [0.1, 0.15) is 5.56 Å². The molecule has 0 unspecified atom stereocenters. The molecule has 0 saturated carbocycles. The maximum absolute atomic E-state index is 14.1. The molecule has 5 heterocycles. The minimum absolute atomic E-state index is 0.490. The molecule has 0 atom stereocenters. The summed E-state index contributed by atoms with van der Waals surface area (Å²) in [5.41, 5.74) is 29.6. The first kappa shape index (κ1) is 71.8. The van der Waals surface area contributed by atoms with Gasteiger partial charge in [0.05, 0.1) is 60.9 Å². The zero-order valence-corrected chi connectivity index (χ0v) is 66.8. The van der Waals surface area contributed by atoms with Crippen molar-refractivity contribution in [3.8, 4) is 123 Å². The number of nitrogens with zero attached hydrogens (tertiary/aromatic N) is 6.